The summed E-state index contributed by atoms with van der Waals surface area (Å²) in [6.45, 7) is 6.46. The van der Waals surface area contributed by atoms with Gasteiger partial charge in [0.2, 0.25) is 15.9 Å². The van der Waals surface area contributed by atoms with Crippen LogP contribution in [0.3, 0.4) is 0 Å². The number of ether oxygens (including phenoxy) is 1. The number of aromatic amines is 1. The van der Waals surface area contributed by atoms with Crippen LogP contribution in [0, 0.1) is 13.8 Å². The van der Waals surface area contributed by atoms with E-state index >= 15 is 0 Å². The van der Waals surface area contributed by atoms with Gasteiger partial charge in [-0.1, -0.05) is 0 Å². The molecule has 1 aromatic rings. The number of H-pyrrole nitrogens is 1. The first kappa shape index (κ1) is 20.2. The average Bonchev–Trinajstić information content (AvgIpc) is 3.34. The van der Waals surface area contributed by atoms with E-state index in [0.717, 1.165) is 12.8 Å². The van der Waals surface area contributed by atoms with Gasteiger partial charge in [-0.3, -0.25) is 4.79 Å². The summed E-state index contributed by atoms with van der Waals surface area (Å²) in [6.07, 6.45) is 1.91. The minimum atomic E-state index is -3.93. The summed E-state index contributed by atoms with van der Waals surface area (Å²) in [6, 6.07) is -0.696. The quantitative estimate of drug-likeness (QED) is 0.732. The number of hydrogen-bond donors (Lipinski definition) is 1. The third kappa shape index (κ3) is 3.62. The maximum Gasteiger partial charge on any atom is 0.355 e. The van der Waals surface area contributed by atoms with Gasteiger partial charge >= 0.3 is 5.97 Å². The van der Waals surface area contributed by atoms with Gasteiger partial charge in [0.15, 0.2) is 0 Å². The van der Waals surface area contributed by atoms with Gasteiger partial charge in [0, 0.05) is 30.1 Å². The highest BCUT2D eigenvalue weighted by Crippen LogP contribution is 2.33. The summed E-state index contributed by atoms with van der Waals surface area (Å²) < 4.78 is 33.0. The third-order valence-electron chi connectivity index (χ3n) is 4.96. The fourth-order valence-electron chi connectivity index (χ4n) is 3.65. The van der Waals surface area contributed by atoms with Crippen molar-refractivity contribution >= 4 is 33.7 Å². The Bertz CT molecular complexity index is 843. The van der Waals surface area contributed by atoms with Gasteiger partial charge in [0.1, 0.15) is 16.6 Å². The molecule has 8 nitrogen and oxygen atoms in total. The molecule has 1 aromatic heterocycles. The molecule has 1 amide bonds. The number of nitrogens with one attached hydrogen (secondary N) is 1. The van der Waals surface area contributed by atoms with Crippen LogP contribution in [-0.4, -0.2) is 71.9 Å². The lowest BCUT2D eigenvalue weighted by Crippen LogP contribution is -2.48. The number of carbonyl (C=O) groups excluding carboxylic acids is 2. The summed E-state index contributed by atoms with van der Waals surface area (Å²) in [7, 11) is -3.93. The normalized spacial score (nSPS) is 21.0. The molecule has 27 heavy (non-hydrogen) atoms. The largest absolute Gasteiger partial charge is 0.461 e. The van der Waals surface area contributed by atoms with E-state index in [2.05, 4.69) is 4.98 Å². The Hall–Kier alpha value is -1.52. The molecule has 1 N–H and O–H groups in total. The molecule has 10 heteroatoms. The molecule has 0 saturated carbocycles. The van der Waals surface area contributed by atoms with Crippen molar-refractivity contribution in [3.8, 4) is 0 Å². The van der Waals surface area contributed by atoms with Crippen LogP contribution in [0.15, 0.2) is 4.90 Å². The molecule has 2 aliphatic heterocycles. The number of likely N-dealkylation sites (tertiary alicyclic amines) is 1. The molecule has 0 bridgehead atoms. The number of amides is 1. The fraction of sp³-hybridized carbons (Fsp3) is 0.647. The van der Waals surface area contributed by atoms with Crippen molar-refractivity contribution in [2.45, 2.75) is 44.6 Å². The molecular weight excluding hydrogens is 390 g/mol. The van der Waals surface area contributed by atoms with Crippen molar-refractivity contribution in [1.82, 2.24) is 14.2 Å². The molecular formula is C17H25N3O5S2. The third-order valence-corrected chi connectivity index (χ3v) is 8.26. The van der Waals surface area contributed by atoms with E-state index < -0.39 is 22.0 Å². The summed E-state index contributed by atoms with van der Waals surface area (Å²) in [5, 5.41) is 0. The molecule has 150 valence electrons. The molecule has 1 atom stereocenters. The summed E-state index contributed by atoms with van der Waals surface area (Å²) in [5.74, 6) is -0.0368. The topological polar surface area (TPSA) is 99.8 Å². The van der Waals surface area contributed by atoms with Gasteiger partial charge in [-0.05, 0) is 33.6 Å². The zero-order valence-electron chi connectivity index (χ0n) is 15.8. The SMILES string of the molecule is CCOC(=O)c1[nH]c(C)c(S(=O)(=O)N2CSC[C@H]2C(=O)N2CCCC2)c1C. The molecule has 0 aliphatic carbocycles. The molecule has 2 saturated heterocycles. The van der Waals surface area contributed by atoms with Gasteiger partial charge in [-0.15, -0.1) is 11.8 Å². The first-order valence-corrected chi connectivity index (χ1v) is 11.6. The summed E-state index contributed by atoms with van der Waals surface area (Å²) >= 11 is 1.43. The maximum atomic E-state index is 13.4. The summed E-state index contributed by atoms with van der Waals surface area (Å²) in [5.41, 5.74) is 0.845. The number of nitrogens with zero attached hydrogens (tertiary/aromatic N) is 2. The second-order valence-electron chi connectivity index (χ2n) is 6.74. The lowest BCUT2D eigenvalue weighted by atomic mass is 10.2. The standard InChI is InChI=1S/C17H25N3O5S2/c1-4-25-17(22)14-11(2)15(12(3)18-14)27(23,24)20-10-26-9-13(20)16(21)19-7-5-6-8-19/h13,18H,4-10H2,1-3H3/t13-/m0/s1. The predicted octanol–water partition coefficient (Wildman–Crippen LogP) is 1.49. The number of thioether (sulfide) groups is 1. The fourth-order valence-corrected chi connectivity index (χ4v) is 7.20. The van der Waals surface area contributed by atoms with E-state index in [1.165, 1.54) is 16.1 Å². The van der Waals surface area contributed by atoms with Gasteiger partial charge in [-0.2, -0.15) is 4.31 Å². The van der Waals surface area contributed by atoms with Crippen LogP contribution >= 0.6 is 11.8 Å². The number of aryl methyl sites for hydroxylation is 1. The Labute approximate surface area is 163 Å². The van der Waals surface area contributed by atoms with Crippen LogP contribution in [-0.2, 0) is 19.6 Å². The van der Waals surface area contributed by atoms with E-state index in [0.29, 0.717) is 30.1 Å². The van der Waals surface area contributed by atoms with Gasteiger partial charge in [0.05, 0.1) is 12.5 Å². The second kappa shape index (κ2) is 7.84. The number of rotatable bonds is 5. The van der Waals surface area contributed by atoms with Gasteiger partial charge in [0.25, 0.3) is 0 Å². The Morgan fingerprint density at radius 1 is 1.26 bits per heavy atom. The monoisotopic (exact) mass is 415 g/mol. The van der Waals surface area contributed by atoms with Crippen LogP contribution in [0.2, 0.25) is 0 Å². The van der Waals surface area contributed by atoms with Crippen molar-refractivity contribution in [2.24, 2.45) is 0 Å². The van der Waals surface area contributed by atoms with Crippen LogP contribution in [0.1, 0.15) is 41.5 Å². The minimum absolute atomic E-state index is 0.0623. The van der Waals surface area contributed by atoms with Crippen LogP contribution < -0.4 is 0 Å². The van der Waals surface area contributed by atoms with E-state index in [1.807, 2.05) is 0 Å². The Morgan fingerprint density at radius 2 is 1.93 bits per heavy atom. The molecule has 0 aromatic carbocycles. The predicted molar refractivity (Wildman–Crippen MR) is 102 cm³/mol. The molecule has 0 unspecified atom stereocenters. The number of esters is 1. The van der Waals surface area contributed by atoms with E-state index in [9.17, 15) is 18.0 Å². The van der Waals surface area contributed by atoms with Crippen molar-refractivity contribution in [1.29, 1.82) is 0 Å². The van der Waals surface area contributed by atoms with Gasteiger partial charge < -0.3 is 14.6 Å². The zero-order valence-corrected chi connectivity index (χ0v) is 17.4. The van der Waals surface area contributed by atoms with Crippen LogP contribution in [0.25, 0.3) is 0 Å². The van der Waals surface area contributed by atoms with Crippen LogP contribution in [0.4, 0.5) is 0 Å². The van der Waals surface area contributed by atoms with Crippen molar-refractivity contribution in [2.75, 3.05) is 31.3 Å². The van der Waals surface area contributed by atoms with Crippen molar-refractivity contribution < 1.29 is 22.7 Å². The van der Waals surface area contributed by atoms with E-state index in [-0.39, 0.29) is 29.0 Å². The van der Waals surface area contributed by atoms with Crippen molar-refractivity contribution in [3.05, 3.63) is 17.0 Å². The molecule has 0 spiro atoms. The number of hydrogen-bond acceptors (Lipinski definition) is 6. The first-order valence-electron chi connectivity index (χ1n) is 9.03. The minimum Gasteiger partial charge on any atom is -0.461 e. The molecule has 3 rings (SSSR count). The number of aromatic nitrogens is 1. The maximum absolute atomic E-state index is 13.4. The van der Waals surface area contributed by atoms with E-state index in [1.54, 1.807) is 25.7 Å². The number of sulfonamides is 1. The highest BCUT2D eigenvalue weighted by molar-refractivity contribution is 8.00. The highest BCUT2D eigenvalue weighted by Gasteiger charge is 2.44. The second-order valence-corrected chi connectivity index (χ2v) is 9.57. The first-order chi connectivity index (χ1) is 12.8. The number of carbonyl (C=O) groups is 2. The van der Waals surface area contributed by atoms with Crippen LogP contribution in [0.5, 0.6) is 0 Å². The smallest absolute Gasteiger partial charge is 0.355 e. The average molecular weight is 416 g/mol. The van der Waals surface area contributed by atoms with Crippen molar-refractivity contribution in [3.63, 3.8) is 0 Å². The zero-order chi connectivity index (χ0) is 19.8. The van der Waals surface area contributed by atoms with Gasteiger partial charge in [-0.25, -0.2) is 13.2 Å². The molecule has 3 heterocycles. The Morgan fingerprint density at radius 3 is 2.56 bits per heavy atom. The molecule has 0 radical (unpaired) electrons. The Kier molecular flexibility index (Phi) is 5.87. The lowest BCUT2D eigenvalue weighted by Gasteiger charge is -2.26. The lowest BCUT2D eigenvalue weighted by molar-refractivity contribution is -0.133. The summed E-state index contributed by atoms with van der Waals surface area (Å²) in [4.78, 5) is 29.6. The highest BCUT2D eigenvalue weighted by atomic mass is 32.2. The van der Waals surface area contributed by atoms with E-state index in [4.69, 9.17) is 4.74 Å². The Balaban J connectivity index is 1.94. The molecule has 2 aliphatic rings. The molecule has 2 fully saturated rings.